The molecule has 0 aliphatic carbocycles. The van der Waals surface area contributed by atoms with E-state index in [0.717, 1.165) is 17.5 Å². The first-order valence-corrected chi connectivity index (χ1v) is 7.18. The number of carbonyl (C=O) groups is 1. The van der Waals surface area contributed by atoms with Gasteiger partial charge < -0.3 is 9.73 Å². The molecule has 2 aromatic carbocycles. The fourth-order valence-corrected chi connectivity index (χ4v) is 2.52. The SMILES string of the molecule is O=C(Nc1ccc(F)c([N+](=O)[O-])c1)c1cc2cccc(Br)c2o1. The molecule has 1 N–H and O–H groups in total. The Bertz CT molecular complexity index is 938. The number of halogens is 2. The first kappa shape index (κ1) is 15.2. The lowest BCUT2D eigenvalue weighted by atomic mass is 10.2. The van der Waals surface area contributed by atoms with Crippen LogP contribution in [0, 0.1) is 15.9 Å². The highest BCUT2D eigenvalue weighted by molar-refractivity contribution is 9.10. The Morgan fingerprint density at radius 3 is 2.74 bits per heavy atom. The van der Waals surface area contributed by atoms with Crippen molar-refractivity contribution in [1.82, 2.24) is 0 Å². The minimum absolute atomic E-state index is 0.0406. The van der Waals surface area contributed by atoms with E-state index in [1.165, 1.54) is 6.07 Å². The quantitative estimate of drug-likeness (QED) is 0.537. The Balaban J connectivity index is 1.90. The smallest absolute Gasteiger partial charge is 0.306 e. The van der Waals surface area contributed by atoms with Gasteiger partial charge in [0.15, 0.2) is 5.76 Å². The molecule has 0 aliphatic rings. The molecular weight excluding hydrogens is 371 g/mol. The monoisotopic (exact) mass is 378 g/mol. The molecule has 1 amide bonds. The van der Waals surface area contributed by atoms with E-state index in [4.69, 9.17) is 4.42 Å². The Labute approximate surface area is 137 Å². The van der Waals surface area contributed by atoms with Gasteiger partial charge >= 0.3 is 5.69 Å². The van der Waals surface area contributed by atoms with Gasteiger partial charge in [-0.25, -0.2) is 0 Å². The largest absolute Gasteiger partial charge is 0.450 e. The lowest BCUT2D eigenvalue weighted by Gasteiger charge is -2.03. The zero-order valence-corrected chi connectivity index (χ0v) is 13.0. The molecule has 0 spiro atoms. The molecule has 3 aromatic rings. The standard InChI is InChI=1S/C15H8BrFN2O4/c16-10-3-1-2-8-6-13(23-14(8)10)15(20)18-9-4-5-11(17)12(7-9)19(21)22/h1-7H,(H,18,20). The lowest BCUT2D eigenvalue weighted by Crippen LogP contribution is -2.11. The average Bonchev–Trinajstić information content (AvgIpc) is 2.94. The van der Waals surface area contributed by atoms with Gasteiger partial charge in [-0.15, -0.1) is 0 Å². The molecular formula is C15H8BrFN2O4. The summed E-state index contributed by atoms with van der Waals surface area (Å²) in [5, 5.41) is 13.9. The molecule has 0 radical (unpaired) electrons. The second-order valence-corrected chi connectivity index (χ2v) is 5.50. The summed E-state index contributed by atoms with van der Waals surface area (Å²) in [6.07, 6.45) is 0. The number of nitrogens with one attached hydrogen (secondary N) is 1. The predicted octanol–water partition coefficient (Wildman–Crippen LogP) is 4.49. The van der Waals surface area contributed by atoms with Gasteiger partial charge in [-0.3, -0.25) is 14.9 Å². The van der Waals surface area contributed by atoms with Crippen molar-refractivity contribution in [3.63, 3.8) is 0 Å². The number of rotatable bonds is 3. The number of nitro groups is 1. The van der Waals surface area contributed by atoms with Crippen LogP contribution in [0.1, 0.15) is 10.6 Å². The number of fused-ring (bicyclic) bond motifs is 1. The zero-order valence-electron chi connectivity index (χ0n) is 11.4. The summed E-state index contributed by atoms with van der Waals surface area (Å²) in [5.74, 6) is -1.52. The Kier molecular flexibility index (Phi) is 3.83. The van der Waals surface area contributed by atoms with E-state index in [0.29, 0.717) is 10.1 Å². The van der Waals surface area contributed by atoms with Crippen molar-refractivity contribution in [1.29, 1.82) is 0 Å². The minimum atomic E-state index is -0.972. The number of hydrogen-bond acceptors (Lipinski definition) is 4. The molecule has 0 aliphatic heterocycles. The lowest BCUT2D eigenvalue weighted by molar-refractivity contribution is -0.387. The van der Waals surface area contributed by atoms with E-state index < -0.39 is 22.3 Å². The molecule has 1 heterocycles. The van der Waals surface area contributed by atoms with Crippen LogP contribution in [0.25, 0.3) is 11.0 Å². The summed E-state index contributed by atoms with van der Waals surface area (Å²) in [5.41, 5.74) is -0.0968. The molecule has 0 unspecified atom stereocenters. The molecule has 8 heteroatoms. The summed E-state index contributed by atoms with van der Waals surface area (Å²) in [6, 6.07) is 10.0. The van der Waals surface area contributed by atoms with Gasteiger partial charge in [-0.05, 0) is 40.2 Å². The molecule has 0 bridgehead atoms. The van der Waals surface area contributed by atoms with E-state index in [9.17, 15) is 19.3 Å². The number of hydrogen-bond donors (Lipinski definition) is 1. The maximum atomic E-state index is 13.3. The second-order valence-electron chi connectivity index (χ2n) is 4.65. The van der Waals surface area contributed by atoms with Crippen molar-refractivity contribution < 1.29 is 18.5 Å². The molecule has 3 rings (SSSR count). The molecule has 6 nitrogen and oxygen atoms in total. The topological polar surface area (TPSA) is 85.4 Å². The van der Waals surface area contributed by atoms with Gasteiger partial charge in [0.2, 0.25) is 5.82 Å². The number of para-hydroxylation sites is 1. The van der Waals surface area contributed by atoms with Crippen molar-refractivity contribution in [2.24, 2.45) is 0 Å². The number of nitrogens with zero attached hydrogens (tertiary/aromatic N) is 1. The van der Waals surface area contributed by atoms with Gasteiger partial charge in [0.25, 0.3) is 5.91 Å². The van der Waals surface area contributed by atoms with Crippen LogP contribution in [0.5, 0.6) is 0 Å². The molecule has 0 atom stereocenters. The fraction of sp³-hybridized carbons (Fsp3) is 0. The summed E-state index contributed by atoms with van der Waals surface area (Å²) in [7, 11) is 0. The van der Waals surface area contributed by atoms with Gasteiger partial charge in [-0.1, -0.05) is 12.1 Å². The van der Waals surface area contributed by atoms with Crippen LogP contribution in [-0.2, 0) is 0 Å². The zero-order chi connectivity index (χ0) is 16.6. The van der Waals surface area contributed by atoms with E-state index in [2.05, 4.69) is 21.2 Å². The summed E-state index contributed by atoms with van der Waals surface area (Å²) in [4.78, 5) is 22.0. The molecule has 0 saturated heterocycles. The summed E-state index contributed by atoms with van der Waals surface area (Å²) >= 11 is 3.32. The summed E-state index contributed by atoms with van der Waals surface area (Å²) < 4.78 is 19.5. The van der Waals surface area contributed by atoms with Crippen molar-refractivity contribution in [2.75, 3.05) is 5.32 Å². The van der Waals surface area contributed by atoms with Gasteiger partial charge in [-0.2, -0.15) is 4.39 Å². The van der Waals surface area contributed by atoms with E-state index in [1.807, 2.05) is 0 Å². The highest BCUT2D eigenvalue weighted by atomic mass is 79.9. The average molecular weight is 379 g/mol. The maximum absolute atomic E-state index is 13.3. The van der Waals surface area contributed by atoms with Gasteiger partial charge in [0.1, 0.15) is 5.58 Å². The van der Waals surface area contributed by atoms with Crippen LogP contribution in [0.15, 0.2) is 51.4 Å². The highest BCUT2D eigenvalue weighted by Crippen LogP contribution is 2.28. The van der Waals surface area contributed by atoms with Crippen LogP contribution in [0.2, 0.25) is 0 Å². The van der Waals surface area contributed by atoms with E-state index in [-0.39, 0.29) is 11.4 Å². The normalized spacial score (nSPS) is 10.7. The third-order valence-electron chi connectivity index (χ3n) is 3.12. The van der Waals surface area contributed by atoms with Crippen LogP contribution in [0.4, 0.5) is 15.8 Å². The van der Waals surface area contributed by atoms with Gasteiger partial charge in [0, 0.05) is 17.1 Å². The van der Waals surface area contributed by atoms with E-state index in [1.54, 1.807) is 24.3 Å². The minimum Gasteiger partial charge on any atom is -0.450 e. The Hall–Kier alpha value is -2.74. The highest BCUT2D eigenvalue weighted by Gasteiger charge is 2.18. The van der Waals surface area contributed by atoms with Crippen molar-refractivity contribution in [3.05, 3.63) is 68.6 Å². The van der Waals surface area contributed by atoms with Gasteiger partial charge in [0.05, 0.1) is 9.40 Å². The second kappa shape index (κ2) is 5.81. The van der Waals surface area contributed by atoms with Crippen LogP contribution >= 0.6 is 15.9 Å². The summed E-state index contributed by atoms with van der Waals surface area (Å²) in [6.45, 7) is 0. The van der Waals surface area contributed by atoms with E-state index >= 15 is 0 Å². The number of furan rings is 1. The number of nitro benzene ring substituents is 1. The fourth-order valence-electron chi connectivity index (χ4n) is 2.06. The maximum Gasteiger partial charge on any atom is 0.306 e. The third-order valence-corrected chi connectivity index (χ3v) is 3.74. The van der Waals surface area contributed by atoms with Crippen LogP contribution in [-0.4, -0.2) is 10.8 Å². The predicted molar refractivity (Wildman–Crippen MR) is 84.9 cm³/mol. The Morgan fingerprint density at radius 2 is 2.04 bits per heavy atom. The number of carbonyl (C=O) groups excluding carboxylic acids is 1. The molecule has 1 aromatic heterocycles. The Morgan fingerprint density at radius 1 is 1.26 bits per heavy atom. The first-order valence-electron chi connectivity index (χ1n) is 6.39. The van der Waals surface area contributed by atoms with Crippen molar-refractivity contribution in [2.45, 2.75) is 0 Å². The van der Waals surface area contributed by atoms with Crippen molar-refractivity contribution in [3.8, 4) is 0 Å². The van der Waals surface area contributed by atoms with Crippen LogP contribution < -0.4 is 5.32 Å². The molecule has 0 fully saturated rings. The molecule has 23 heavy (non-hydrogen) atoms. The molecule has 116 valence electrons. The van der Waals surface area contributed by atoms with Crippen molar-refractivity contribution >= 4 is 44.2 Å². The third kappa shape index (κ3) is 2.93. The number of amides is 1. The first-order chi connectivity index (χ1) is 11.0. The number of anilines is 1. The van der Waals surface area contributed by atoms with Crippen LogP contribution in [0.3, 0.4) is 0 Å². The molecule has 0 saturated carbocycles. The number of benzene rings is 2.